The SMILES string of the molecule is CCNC(CC(C)C)c1ccc(C(C)CC)cc1. The van der Waals surface area contributed by atoms with Gasteiger partial charge in [-0.1, -0.05) is 58.9 Å². The van der Waals surface area contributed by atoms with Crippen LogP contribution in [0.5, 0.6) is 0 Å². The van der Waals surface area contributed by atoms with Crippen molar-refractivity contribution in [3.63, 3.8) is 0 Å². The summed E-state index contributed by atoms with van der Waals surface area (Å²) in [5.74, 6) is 1.39. The van der Waals surface area contributed by atoms with E-state index in [1.165, 1.54) is 24.0 Å². The van der Waals surface area contributed by atoms with Gasteiger partial charge in [0.05, 0.1) is 0 Å². The standard InChI is InChI=1S/C17H29N/c1-6-14(5)15-8-10-16(11-9-15)17(18-7-2)12-13(3)4/h8-11,13-14,17-18H,6-7,12H2,1-5H3. The molecular weight excluding hydrogens is 218 g/mol. The Balaban J connectivity index is 2.79. The van der Waals surface area contributed by atoms with E-state index in [0.29, 0.717) is 12.0 Å². The molecule has 0 saturated heterocycles. The highest BCUT2D eigenvalue weighted by Crippen LogP contribution is 2.24. The van der Waals surface area contributed by atoms with E-state index >= 15 is 0 Å². The molecule has 2 unspecified atom stereocenters. The van der Waals surface area contributed by atoms with Crippen LogP contribution in [0.3, 0.4) is 0 Å². The molecule has 102 valence electrons. The highest BCUT2D eigenvalue weighted by Gasteiger charge is 2.12. The van der Waals surface area contributed by atoms with Crippen LogP contribution in [0.15, 0.2) is 24.3 Å². The van der Waals surface area contributed by atoms with Gasteiger partial charge in [0.15, 0.2) is 0 Å². The first kappa shape index (κ1) is 15.2. The van der Waals surface area contributed by atoms with Crippen LogP contribution in [-0.4, -0.2) is 6.54 Å². The van der Waals surface area contributed by atoms with Crippen LogP contribution < -0.4 is 5.32 Å². The predicted octanol–water partition coefficient (Wildman–Crippen LogP) is 4.90. The van der Waals surface area contributed by atoms with Crippen molar-refractivity contribution in [3.05, 3.63) is 35.4 Å². The quantitative estimate of drug-likeness (QED) is 0.723. The summed E-state index contributed by atoms with van der Waals surface area (Å²) in [4.78, 5) is 0. The lowest BCUT2D eigenvalue weighted by Crippen LogP contribution is -2.22. The second-order valence-electron chi connectivity index (χ2n) is 5.72. The van der Waals surface area contributed by atoms with Crippen molar-refractivity contribution in [2.24, 2.45) is 5.92 Å². The van der Waals surface area contributed by atoms with E-state index in [9.17, 15) is 0 Å². The van der Waals surface area contributed by atoms with Crippen LogP contribution in [0, 0.1) is 5.92 Å². The van der Waals surface area contributed by atoms with Crippen molar-refractivity contribution in [2.75, 3.05) is 6.54 Å². The van der Waals surface area contributed by atoms with E-state index < -0.39 is 0 Å². The molecule has 1 N–H and O–H groups in total. The molecule has 0 aliphatic heterocycles. The molecule has 1 nitrogen and oxygen atoms in total. The monoisotopic (exact) mass is 247 g/mol. The summed E-state index contributed by atoms with van der Waals surface area (Å²) in [6.07, 6.45) is 2.42. The molecule has 0 heterocycles. The van der Waals surface area contributed by atoms with E-state index in [0.717, 1.165) is 12.5 Å². The molecule has 0 aliphatic rings. The summed E-state index contributed by atoms with van der Waals surface area (Å²) >= 11 is 0. The molecule has 18 heavy (non-hydrogen) atoms. The first-order chi connectivity index (χ1) is 8.58. The van der Waals surface area contributed by atoms with Crippen LogP contribution >= 0.6 is 0 Å². The summed E-state index contributed by atoms with van der Waals surface area (Å²) in [5.41, 5.74) is 2.89. The maximum atomic E-state index is 3.59. The van der Waals surface area contributed by atoms with Crippen LogP contribution in [0.4, 0.5) is 0 Å². The van der Waals surface area contributed by atoms with Gasteiger partial charge in [-0.25, -0.2) is 0 Å². The fraction of sp³-hybridized carbons (Fsp3) is 0.647. The fourth-order valence-electron chi connectivity index (χ4n) is 2.35. The molecule has 0 saturated carbocycles. The molecule has 0 aliphatic carbocycles. The van der Waals surface area contributed by atoms with Crippen LogP contribution in [-0.2, 0) is 0 Å². The first-order valence-electron chi connectivity index (χ1n) is 7.41. The second-order valence-corrected chi connectivity index (χ2v) is 5.72. The molecule has 1 aromatic rings. The lowest BCUT2D eigenvalue weighted by molar-refractivity contribution is 0.438. The zero-order valence-electron chi connectivity index (χ0n) is 12.7. The Hall–Kier alpha value is -0.820. The summed E-state index contributed by atoms with van der Waals surface area (Å²) in [7, 11) is 0. The molecule has 0 bridgehead atoms. The molecule has 1 aromatic carbocycles. The van der Waals surface area contributed by atoms with Crippen molar-refractivity contribution in [3.8, 4) is 0 Å². The van der Waals surface area contributed by atoms with Gasteiger partial charge in [-0.15, -0.1) is 0 Å². The van der Waals surface area contributed by atoms with Gasteiger partial charge in [-0.05, 0) is 42.3 Å². The van der Waals surface area contributed by atoms with E-state index in [1.54, 1.807) is 0 Å². The third kappa shape index (κ3) is 4.45. The summed E-state index contributed by atoms with van der Waals surface area (Å²) < 4.78 is 0. The normalized spacial score (nSPS) is 14.8. The number of rotatable bonds is 7. The molecule has 0 spiro atoms. The maximum Gasteiger partial charge on any atom is 0.0322 e. The minimum absolute atomic E-state index is 0.501. The number of benzene rings is 1. The number of nitrogens with one attached hydrogen (secondary N) is 1. The van der Waals surface area contributed by atoms with Gasteiger partial charge in [0.1, 0.15) is 0 Å². The Morgan fingerprint density at radius 1 is 0.944 bits per heavy atom. The van der Waals surface area contributed by atoms with Crippen LogP contribution in [0.25, 0.3) is 0 Å². The minimum Gasteiger partial charge on any atom is -0.310 e. The van der Waals surface area contributed by atoms with Gasteiger partial charge < -0.3 is 5.32 Å². The molecule has 0 aromatic heterocycles. The second kappa shape index (κ2) is 7.58. The molecule has 1 rings (SSSR count). The smallest absolute Gasteiger partial charge is 0.0322 e. The Kier molecular flexibility index (Phi) is 6.42. The van der Waals surface area contributed by atoms with Gasteiger partial charge in [0.2, 0.25) is 0 Å². The van der Waals surface area contributed by atoms with E-state index in [2.05, 4.69) is 64.2 Å². The zero-order valence-corrected chi connectivity index (χ0v) is 12.7. The predicted molar refractivity (Wildman–Crippen MR) is 81.0 cm³/mol. The van der Waals surface area contributed by atoms with Gasteiger partial charge in [0.25, 0.3) is 0 Å². The van der Waals surface area contributed by atoms with Crippen molar-refractivity contribution in [2.45, 2.75) is 59.4 Å². The lowest BCUT2D eigenvalue weighted by atomic mass is 9.93. The molecule has 1 heteroatoms. The van der Waals surface area contributed by atoms with Crippen LogP contribution in [0.2, 0.25) is 0 Å². The third-order valence-electron chi connectivity index (χ3n) is 3.68. The Morgan fingerprint density at radius 3 is 1.94 bits per heavy atom. The first-order valence-corrected chi connectivity index (χ1v) is 7.41. The highest BCUT2D eigenvalue weighted by atomic mass is 14.9. The molecular formula is C17H29N. The van der Waals surface area contributed by atoms with Crippen molar-refractivity contribution >= 4 is 0 Å². The van der Waals surface area contributed by atoms with E-state index in [4.69, 9.17) is 0 Å². The zero-order chi connectivity index (χ0) is 13.5. The average Bonchev–Trinajstić information content (AvgIpc) is 2.37. The molecule has 0 radical (unpaired) electrons. The van der Waals surface area contributed by atoms with Gasteiger partial charge in [0, 0.05) is 6.04 Å². The average molecular weight is 247 g/mol. The van der Waals surface area contributed by atoms with Crippen molar-refractivity contribution < 1.29 is 0 Å². The lowest BCUT2D eigenvalue weighted by Gasteiger charge is -2.21. The molecule has 0 amide bonds. The largest absolute Gasteiger partial charge is 0.310 e. The topological polar surface area (TPSA) is 12.0 Å². The summed E-state index contributed by atoms with van der Waals surface area (Å²) in [6, 6.07) is 9.71. The Bertz CT molecular complexity index is 326. The van der Waals surface area contributed by atoms with E-state index in [1.807, 2.05) is 0 Å². The number of hydrogen-bond donors (Lipinski definition) is 1. The van der Waals surface area contributed by atoms with Gasteiger partial charge in [-0.2, -0.15) is 0 Å². The fourth-order valence-corrected chi connectivity index (χ4v) is 2.35. The van der Waals surface area contributed by atoms with Crippen molar-refractivity contribution in [1.29, 1.82) is 0 Å². The van der Waals surface area contributed by atoms with Gasteiger partial charge in [-0.3, -0.25) is 0 Å². The van der Waals surface area contributed by atoms with Gasteiger partial charge >= 0.3 is 0 Å². The Morgan fingerprint density at radius 2 is 1.50 bits per heavy atom. The Labute approximate surface area is 113 Å². The molecule has 2 atom stereocenters. The summed E-state index contributed by atoms with van der Waals surface area (Å²) in [6.45, 7) is 12.3. The van der Waals surface area contributed by atoms with E-state index in [-0.39, 0.29) is 0 Å². The third-order valence-corrected chi connectivity index (χ3v) is 3.68. The number of hydrogen-bond acceptors (Lipinski definition) is 1. The highest BCUT2D eigenvalue weighted by molar-refractivity contribution is 5.27. The maximum absolute atomic E-state index is 3.59. The molecule has 0 fully saturated rings. The van der Waals surface area contributed by atoms with Crippen LogP contribution in [0.1, 0.15) is 70.5 Å². The minimum atomic E-state index is 0.501. The summed E-state index contributed by atoms with van der Waals surface area (Å²) in [5, 5.41) is 3.59. The van der Waals surface area contributed by atoms with Crippen molar-refractivity contribution in [1.82, 2.24) is 5.32 Å².